The smallest absolute Gasteiger partial charge is 0.413 e. The van der Waals surface area contributed by atoms with Crippen LogP contribution in [0.5, 0.6) is 0 Å². The number of hydrogen-bond donors (Lipinski definition) is 1. The number of halogens is 2. The van der Waals surface area contributed by atoms with E-state index in [1.54, 1.807) is 52.8 Å². The minimum Gasteiger partial charge on any atom is -0.444 e. The first kappa shape index (κ1) is 29.3. The number of aromatic nitrogens is 3. The highest BCUT2D eigenvalue weighted by Crippen LogP contribution is 2.33. The summed E-state index contributed by atoms with van der Waals surface area (Å²) < 4.78 is 64.9. The Hall–Kier alpha value is -4.70. The molecule has 2 aromatic heterocycles. The first-order valence-electron chi connectivity index (χ1n) is 12.3. The third-order valence-electron chi connectivity index (χ3n) is 5.66. The molecule has 10 nitrogen and oxygen atoms in total. The maximum atomic E-state index is 14.6. The maximum absolute atomic E-state index is 14.6. The zero-order chi connectivity index (χ0) is 30.1. The number of anilines is 1. The lowest BCUT2D eigenvalue weighted by atomic mass is 10.1. The minimum atomic E-state index is -3.50. The van der Waals surface area contributed by atoms with E-state index in [4.69, 9.17) is 14.5 Å². The van der Waals surface area contributed by atoms with Gasteiger partial charge in [0.2, 0.25) is 0 Å². The largest absolute Gasteiger partial charge is 0.444 e. The monoisotopic (exact) mass is 581 g/mol. The van der Waals surface area contributed by atoms with Crippen LogP contribution < -0.4 is 5.32 Å². The molecule has 41 heavy (non-hydrogen) atoms. The molecule has 0 fully saturated rings. The van der Waals surface area contributed by atoms with Gasteiger partial charge in [-0.25, -0.2) is 32.0 Å². The summed E-state index contributed by atoms with van der Waals surface area (Å²) in [5, 5.41) is 14.6. The molecule has 0 aliphatic heterocycles. The van der Waals surface area contributed by atoms with Crippen LogP contribution in [0, 0.1) is 23.0 Å². The molecule has 0 aliphatic rings. The van der Waals surface area contributed by atoms with Gasteiger partial charge in [-0.3, -0.25) is 5.32 Å². The van der Waals surface area contributed by atoms with E-state index in [-0.39, 0.29) is 39.1 Å². The fraction of sp³-hybridized carbons (Fsp3) is 0.250. The van der Waals surface area contributed by atoms with Gasteiger partial charge in [-0.05, 0) is 58.9 Å². The number of rotatable bonds is 6. The number of carbonyl (C=O) groups excluding carboxylic acids is 1. The first-order chi connectivity index (χ1) is 19.2. The van der Waals surface area contributed by atoms with Gasteiger partial charge in [-0.2, -0.15) is 5.26 Å². The Morgan fingerprint density at radius 3 is 2.27 bits per heavy atom. The van der Waals surface area contributed by atoms with E-state index in [9.17, 15) is 22.0 Å². The van der Waals surface area contributed by atoms with Crippen molar-refractivity contribution in [2.24, 2.45) is 0 Å². The molecule has 4 aromatic rings. The van der Waals surface area contributed by atoms with E-state index in [0.29, 0.717) is 5.56 Å². The first-order valence-corrected chi connectivity index (χ1v) is 13.8. The van der Waals surface area contributed by atoms with Crippen LogP contribution >= 0.6 is 0 Å². The Morgan fingerprint density at radius 1 is 1.07 bits per heavy atom. The Labute approximate surface area is 234 Å². The van der Waals surface area contributed by atoms with Crippen LogP contribution in [0.15, 0.2) is 58.1 Å². The van der Waals surface area contributed by atoms with Crippen molar-refractivity contribution < 1.29 is 31.3 Å². The molecule has 0 aliphatic carbocycles. The second kappa shape index (κ2) is 11.1. The summed E-state index contributed by atoms with van der Waals surface area (Å²) in [6.07, 6.45) is 0.507. The number of hydrogen-bond acceptors (Lipinski definition) is 9. The predicted octanol–water partition coefficient (Wildman–Crippen LogP) is 6.14. The third kappa shape index (κ3) is 6.38. The number of nitriles is 1. The van der Waals surface area contributed by atoms with Crippen molar-refractivity contribution >= 4 is 21.7 Å². The van der Waals surface area contributed by atoms with Crippen molar-refractivity contribution in [3.63, 3.8) is 0 Å². The molecule has 0 spiro atoms. The van der Waals surface area contributed by atoms with Gasteiger partial charge in [0, 0.05) is 11.6 Å². The number of amides is 1. The highest BCUT2D eigenvalue weighted by molar-refractivity contribution is 7.92. The normalized spacial score (nSPS) is 11.8. The lowest BCUT2D eigenvalue weighted by Gasteiger charge is -2.19. The third-order valence-corrected chi connectivity index (χ3v) is 7.83. The Balaban J connectivity index is 1.79. The van der Waals surface area contributed by atoms with E-state index in [1.165, 1.54) is 24.4 Å². The second-order valence-corrected chi connectivity index (χ2v) is 12.7. The average Bonchev–Trinajstić information content (AvgIpc) is 3.36. The second-order valence-electron chi connectivity index (χ2n) is 10.2. The molecular formula is C28H25F2N5O5S. The van der Waals surface area contributed by atoms with Crippen LogP contribution in [0.25, 0.3) is 34.0 Å². The Morgan fingerprint density at radius 2 is 1.71 bits per heavy atom. The molecule has 0 radical (unpaired) electrons. The molecule has 0 atom stereocenters. The summed E-state index contributed by atoms with van der Waals surface area (Å²) in [6, 6.07) is 10.6. The Bertz CT molecular complexity index is 1750. The summed E-state index contributed by atoms with van der Waals surface area (Å²) in [5.41, 5.74) is -1.04. The van der Waals surface area contributed by atoms with Crippen molar-refractivity contribution in [3.8, 4) is 40.0 Å². The van der Waals surface area contributed by atoms with Crippen LogP contribution in [0.2, 0.25) is 0 Å². The van der Waals surface area contributed by atoms with Gasteiger partial charge in [0.1, 0.15) is 22.9 Å². The number of carbonyl (C=O) groups is 1. The van der Waals surface area contributed by atoms with Gasteiger partial charge in [0.15, 0.2) is 27.1 Å². The van der Waals surface area contributed by atoms with E-state index >= 15 is 0 Å². The molecule has 2 aromatic carbocycles. The van der Waals surface area contributed by atoms with Gasteiger partial charge >= 0.3 is 6.09 Å². The van der Waals surface area contributed by atoms with Crippen molar-refractivity contribution in [3.05, 3.63) is 65.9 Å². The topological polar surface area (TPSA) is 148 Å². The van der Waals surface area contributed by atoms with Crippen LogP contribution in [0.1, 0.15) is 40.2 Å². The minimum absolute atomic E-state index is 0.0413. The van der Waals surface area contributed by atoms with Gasteiger partial charge in [0.25, 0.3) is 0 Å². The van der Waals surface area contributed by atoms with Crippen molar-refractivity contribution in [2.75, 3.05) is 5.32 Å². The summed E-state index contributed by atoms with van der Waals surface area (Å²) in [7, 11) is -3.50. The number of nitrogens with one attached hydrogen (secondary N) is 1. The molecule has 4 rings (SSSR count). The van der Waals surface area contributed by atoms with Gasteiger partial charge in [-0.15, -0.1) is 0 Å². The molecule has 0 unspecified atom stereocenters. The standard InChI is InChI=1S/C28H25F2N5O5S/c1-15(2)41(37,38)18-8-6-17(7-9-18)22-14-32-26(34-27(36)39-28(3,4)5)25(33-22)23-12-21(35-40-23)24-19(29)10-16(13-31)11-20(24)30/h6-12,14-15H,1-5H3,(H,32,34,36). The fourth-order valence-corrected chi connectivity index (χ4v) is 4.73. The molecular weight excluding hydrogens is 556 g/mol. The molecule has 13 heteroatoms. The zero-order valence-electron chi connectivity index (χ0n) is 22.7. The predicted molar refractivity (Wildman–Crippen MR) is 145 cm³/mol. The Kier molecular flexibility index (Phi) is 7.89. The summed E-state index contributed by atoms with van der Waals surface area (Å²) in [4.78, 5) is 21.4. The molecule has 212 valence electrons. The molecule has 0 bridgehead atoms. The van der Waals surface area contributed by atoms with Gasteiger partial charge in [0.05, 0.1) is 39.2 Å². The molecule has 0 saturated carbocycles. The molecule has 1 amide bonds. The van der Waals surface area contributed by atoms with E-state index in [0.717, 1.165) is 12.1 Å². The average molecular weight is 582 g/mol. The van der Waals surface area contributed by atoms with Crippen LogP contribution in [0.4, 0.5) is 19.4 Å². The van der Waals surface area contributed by atoms with Gasteiger partial charge < -0.3 is 9.26 Å². The van der Waals surface area contributed by atoms with E-state index in [2.05, 4.69) is 20.4 Å². The van der Waals surface area contributed by atoms with Crippen LogP contribution in [-0.2, 0) is 14.6 Å². The number of benzene rings is 2. The number of nitrogens with zero attached hydrogens (tertiary/aromatic N) is 4. The summed E-state index contributed by atoms with van der Waals surface area (Å²) >= 11 is 0. The van der Waals surface area contributed by atoms with Gasteiger partial charge in [-0.1, -0.05) is 17.3 Å². The van der Waals surface area contributed by atoms with Crippen LogP contribution in [-0.4, -0.2) is 40.5 Å². The van der Waals surface area contributed by atoms with Crippen molar-refractivity contribution in [2.45, 2.75) is 50.4 Å². The number of sulfone groups is 1. The summed E-state index contributed by atoms with van der Waals surface area (Å²) in [6.45, 7) is 8.19. The number of ether oxygens (including phenoxy) is 1. The van der Waals surface area contributed by atoms with Crippen molar-refractivity contribution in [1.29, 1.82) is 5.26 Å². The zero-order valence-corrected chi connectivity index (χ0v) is 23.5. The fourth-order valence-electron chi connectivity index (χ4n) is 3.67. The molecule has 1 N–H and O–H groups in total. The quantitative estimate of drug-likeness (QED) is 0.283. The lowest BCUT2D eigenvalue weighted by Crippen LogP contribution is -2.27. The molecule has 2 heterocycles. The highest BCUT2D eigenvalue weighted by Gasteiger charge is 2.24. The summed E-state index contributed by atoms with van der Waals surface area (Å²) in [5.74, 6) is -2.23. The van der Waals surface area contributed by atoms with E-state index in [1.807, 2.05) is 0 Å². The maximum Gasteiger partial charge on any atom is 0.413 e. The van der Waals surface area contributed by atoms with Crippen LogP contribution in [0.3, 0.4) is 0 Å². The molecule has 0 saturated heterocycles. The van der Waals surface area contributed by atoms with Crippen molar-refractivity contribution in [1.82, 2.24) is 15.1 Å². The SMILES string of the molecule is CC(C)S(=O)(=O)c1ccc(-c2cnc(NC(=O)OC(C)(C)C)c(-c3cc(-c4c(F)cc(C#N)cc4F)no3)n2)cc1. The lowest BCUT2D eigenvalue weighted by molar-refractivity contribution is 0.0635. The highest BCUT2D eigenvalue weighted by atomic mass is 32.2. The van der Waals surface area contributed by atoms with E-state index < -0.39 is 44.0 Å².